The van der Waals surface area contributed by atoms with Crippen LogP contribution in [0.15, 0.2) is 0 Å². The number of nitrogens with one attached hydrogen (secondary N) is 1. The van der Waals surface area contributed by atoms with Gasteiger partial charge in [-0.3, -0.25) is 0 Å². The lowest BCUT2D eigenvalue weighted by Gasteiger charge is -2.36. The SMILES string of the molecule is CCCCC(C)NC1CCC(N(C)C(=O)OC(C)(C)C)CC1. The lowest BCUT2D eigenvalue weighted by atomic mass is 9.90. The molecule has 1 N–H and O–H groups in total. The Bertz CT molecular complexity index is 330. The smallest absolute Gasteiger partial charge is 0.410 e. The molecule has 1 saturated carbocycles. The molecule has 1 amide bonds. The van der Waals surface area contributed by atoms with E-state index in [9.17, 15) is 4.79 Å². The average molecular weight is 312 g/mol. The van der Waals surface area contributed by atoms with Crippen LogP contribution in [0.1, 0.15) is 79.6 Å². The second-order valence-corrected chi connectivity index (χ2v) is 7.81. The standard InChI is InChI=1S/C18H36N2O2/c1-7-8-9-14(2)19-15-10-12-16(13-11-15)20(6)17(21)22-18(3,4)5/h14-16,19H,7-13H2,1-6H3. The summed E-state index contributed by atoms with van der Waals surface area (Å²) in [5.41, 5.74) is -0.418. The van der Waals surface area contributed by atoms with Gasteiger partial charge in [-0.05, 0) is 59.8 Å². The number of unbranched alkanes of at least 4 members (excludes halogenated alkanes) is 1. The van der Waals surface area contributed by atoms with Crippen LogP contribution in [-0.4, -0.2) is 41.8 Å². The number of nitrogens with zero attached hydrogens (tertiary/aromatic N) is 1. The minimum absolute atomic E-state index is 0.194. The van der Waals surface area contributed by atoms with E-state index in [2.05, 4.69) is 19.2 Å². The molecule has 1 unspecified atom stereocenters. The van der Waals surface area contributed by atoms with Gasteiger partial charge in [0, 0.05) is 25.2 Å². The van der Waals surface area contributed by atoms with E-state index in [1.807, 2.05) is 27.8 Å². The molecule has 1 aliphatic carbocycles. The highest BCUT2D eigenvalue weighted by molar-refractivity contribution is 5.68. The first-order valence-corrected chi connectivity index (χ1v) is 8.94. The largest absolute Gasteiger partial charge is 0.444 e. The molecule has 4 heteroatoms. The van der Waals surface area contributed by atoms with Gasteiger partial charge in [-0.2, -0.15) is 0 Å². The number of rotatable bonds is 6. The van der Waals surface area contributed by atoms with Gasteiger partial charge in [-0.15, -0.1) is 0 Å². The summed E-state index contributed by atoms with van der Waals surface area (Å²) in [6, 6.07) is 1.53. The highest BCUT2D eigenvalue weighted by Gasteiger charge is 2.29. The van der Waals surface area contributed by atoms with Crippen molar-refractivity contribution in [1.29, 1.82) is 0 Å². The van der Waals surface area contributed by atoms with Crippen molar-refractivity contribution in [3.05, 3.63) is 0 Å². The maximum absolute atomic E-state index is 12.1. The monoisotopic (exact) mass is 312 g/mol. The molecule has 22 heavy (non-hydrogen) atoms. The lowest BCUT2D eigenvalue weighted by molar-refractivity contribution is 0.0178. The van der Waals surface area contributed by atoms with Crippen molar-refractivity contribution in [3.8, 4) is 0 Å². The van der Waals surface area contributed by atoms with E-state index in [0.29, 0.717) is 18.1 Å². The highest BCUT2D eigenvalue weighted by atomic mass is 16.6. The van der Waals surface area contributed by atoms with E-state index < -0.39 is 5.60 Å². The summed E-state index contributed by atoms with van der Waals surface area (Å²) in [6.45, 7) is 10.3. The topological polar surface area (TPSA) is 41.6 Å². The zero-order valence-corrected chi connectivity index (χ0v) is 15.4. The molecule has 0 spiro atoms. The maximum atomic E-state index is 12.1. The first kappa shape index (κ1) is 19.3. The molecule has 130 valence electrons. The van der Waals surface area contributed by atoms with Crippen molar-refractivity contribution in [2.75, 3.05) is 7.05 Å². The van der Waals surface area contributed by atoms with Crippen molar-refractivity contribution in [2.45, 2.75) is 103 Å². The summed E-state index contributed by atoms with van der Waals surface area (Å²) < 4.78 is 5.46. The van der Waals surface area contributed by atoms with Crippen LogP contribution >= 0.6 is 0 Å². The Labute approximate surface area is 137 Å². The van der Waals surface area contributed by atoms with E-state index in [4.69, 9.17) is 4.74 Å². The minimum atomic E-state index is -0.418. The third kappa shape index (κ3) is 6.99. The van der Waals surface area contributed by atoms with Gasteiger partial charge in [0.2, 0.25) is 0 Å². The summed E-state index contributed by atoms with van der Waals surface area (Å²) in [5.74, 6) is 0. The van der Waals surface area contributed by atoms with Gasteiger partial charge in [0.05, 0.1) is 0 Å². The van der Waals surface area contributed by atoms with Crippen LogP contribution in [0.4, 0.5) is 4.79 Å². The average Bonchev–Trinajstić information content (AvgIpc) is 2.43. The maximum Gasteiger partial charge on any atom is 0.410 e. The number of hydrogen-bond acceptors (Lipinski definition) is 3. The van der Waals surface area contributed by atoms with Crippen molar-refractivity contribution in [3.63, 3.8) is 0 Å². The molecule has 0 radical (unpaired) electrons. The number of ether oxygens (including phenoxy) is 1. The van der Waals surface area contributed by atoms with Gasteiger partial charge >= 0.3 is 6.09 Å². The normalized spacial score (nSPS) is 23.9. The number of hydrogen-bond donors (Lipinski definition) is 1. The Morgan fingerprint density at radius 2 is 1.86 bits per heavy atom. The van der Waals surface area contributed by atoms with E-state index in [-0.39, 0.29) is 6.09 Å². The van der Waals surface area contributed by atoms with Crippen molar-refractivity contribution in [1.82, 2.24) is 10.2 Å². The Kier molecular flexibility index (Phi) is 7.67. The van der Waals surface area contributed by atoms with Crippen LogP contribution in [0.25, 0.3) is 0 Å². The second kappa shape index (κ2) is 8.76. The molecule has 0 heterocycles. The van der Waals surface area contributed by atoms with Crippen molar-refractivity contribution in [2.24, 2.45) is 0 Å². The Balaban J connectivity index is 2.33. The van der Waals surface area contributed by atoms with Crippen LogP contribution in [-0.2, 0) is 4.74 Å². The van der Waals surface area contributed by atoms with Gasteiger partial charge in [-0.25, -0.2) is 4.79 Å². The fourth-order valence-electron chi connectivity index (χ4n) is 3.11. The predicted molar refractivity (Wildman–Crippen MR) is 92.2 cm³/mol. The molecule has 0 aliphatic heterocycles. The zero-order chi connectivity index (χ0) is 16.8. The number of carbonyl (C=O) groups is 1. The van der Waals surface area contributed by atoms with Gasteiger partial charge in [-0.1, -0.05) is 19.8 Å². The second-order valence-electron chi connectivity index (χ2n) is 7.81. The van der Waals surface area contributed by atoms with Gasteiger partial charge in [0.15, 0.2) is 0 Å². The molecule has 1 fully saturated rings. The quantitative estimate of drug-likeness (QED) is 0.793. The molecular weight excluding hydrogens is 276 g/mol. The van der Waals surface area contributed by atoms with Crippen molar-refractivity contribution >= 4 is 6.09 Å². The summed E-state index contributed by atoms with van der Waals surface area (Å²) >= 11 is 0. The minimum Gasteiger partial charge on any atom is -0.444 e. The Morgan fingerprint density at radius 3 is 2.36 bits per heavy atom. The van der Waals surface area contributed by atoms with E-state index in [1.165, 1.54) is 19.3 Å². The number of amides is 1. The molecule has 0 bridgehead atoms. The fourth-order valence-corrected chi connectivity index (χ4v) is 3.11. The number of carbonyl (C=O) groups excluding carboxylic acids is 1. The van der Waals surface area contributed by atoms with E-state index in [1.54, 1.807) is 4.90 Å². The fraction of sp³-hybridized carbons (Fsp3) is 0.944. The van der Waals surface area contributed by atoms with Gasteiger partial charge < -0.3 is 15.0 Å². The summed E-state index contributed by atoms with van der Waals surface area (Å²) in [7, 11) is 1.87. The molecular formula is C18H36N2O2. The van der Waals surface area contributed by atoms with Crippen LogP contribution in [0.5, 0.6) is 0 Å². The molecule has 0 aromatic rings. The van der Waals surface area contributed by atoms with Crippen LogP contribution in [0, 0.1) is 0 Å². The highest BCUT2D eigenvalue weighted by Crippen LogP contribution is 2.24. The van der Waals surface area contributed by atoms with Crippen LogP contribution in [0.3, 0.4) is 0 Å². The zero-order valence-electron chi connectivity index (χ0n) is 15.4. The van der Waals surface area contributed by atoms with Gasteiger partial charge in [0.25, 0.3) is 0 Å². The summed E-state index contributed by atoms with van der Waals surface area (Å²) in [4.78, 5) is 13.9. The Morgan fingerprint density at radius 1 is 1.27 bits per heavy atom. The van der Waals surface area contributed by atoms with Crippen LogP contribution < -0.4 is 5.32 Å². The summed E-state index contributed by atoms with van der Waals surface area (Å²) in [5, 5.41) is 3.75. The van der Waals surface area contributed by atoms with E-state index >= 15 is 0 Å². The Hall–Kier alpha value is -0.770. The van der Waals surface area contributed by atoms with Gasteiger partial charge in [0.1, 0.15) is 5.60 Å². The molecule has 1 rings (SSSR count). The molecule has 0 aromatic heterocycles. The third-order valence-corrected chi connectivity index (χ3v) is 4.44. The van der Waals surface area contributed by atoms with E-state index in [0.717, 1.165) is 25.7 Å². The first-order valence-electron chi connectivity index (χ1n) is 8.94. The molecule has 0 saturated heterocycles. The first-order chi connectivity index (χ1) is 10.2. The molecule has 0 aromatic carbocycles. The third-order valence-electron chi connectivity index (χ3n) is 4.44. The van der Waals surface area contributed by atoms with Crippen molar-refractivity contribution < 1.29 is 9.53 Å². The molecule has 4 nitrogen and oxygen atoms in total. The molecule has 1 aliphatic rings. The predicted octanol–water partition coefficient (Wildman–Crippen LogP) is 4.33. The summed E-state index contributed by atoms with van der Waals surface area (Å²) in [6.07, 6.45) is 8.04. The van der Waals surface area contributed by atoms with Crippen LogP contribution in [0.2, 0.25) is 0 Å². The molecule has 1 atom stereocenters. The lowest BCUT2D eigenvalue weighted by Crippen LogP contribution is -2.46.